The Morgan fingerprint density at radius 3 is 2.81 bits per heavy atom. The van der Waals surface area contributed by atoms with Crippen molar-refractivity contribution in [3.05, 3.63) is 29.0 Å². The number of aliphatic imine (C=N–C) groups is 1. The van der Waals surface area contributed by atoms with Gasteiger partial charge in [-0.15, -0.1) is 0 Å². The molecule has 0 aromatic heterocycles. The van der Waals surface area contributed by atoms with E-state index in [1.807, 2.05) is 6.92 Å². The van der Waals surface area contributed by atoms with Crippen LogP contribution >= 0.6 is 11.6 Å². The van der Waals surface area contributed by atoms with Gasteiger partial charge in [-0.2, -0.15) is 0 Å². The third kappa shape index (κ3) is 5.59. The van der Waals surface area contributed by atoms with E-state index in [4.69, 9.17) is 22.1 Å². The van der Waals surface area contributed by atoms with Crippen molar-refractivity contribution < 1.29 is 13.9 Å². The highest BCUT2D eigenvalue weighted by atomic mass is 35.5. The molecule has 1 amide bonds. The molecule has 0 saturated heterocycles. The maximum Gasteiger partial charge on any atom is 0.216 e. The summed E-state index contributed by atoms with van der Waals surface area (Å²) in [5.41, 5.74) is 5.27. The summed E-state index contributed by atoms with van der Waals surface area (Å²) in [5, 5.41) is 0.0141. The second kappa shape index (κ2) is 9.21. The molecule has 1 saturated carbocycles. The van der Waals surface area contributed by atoms with Crippen LogP contribution in [0.15, 0.2) is 23.2 Å². The van der Waals surface area contributed by atoms with Crippen LogP contribution in [0.2, 0.25) is 5.02 Å². The van der Waals surface area contributed by atoms with Crippen LogP contribution in [0.1, 0.15) is 45.4 Å². The largest absolute Gasteiger partial charge is 0.488 e. The van der Waals surface area contributed by atoms with Gasteiger partial charge in [0, 0.05) is 7.05 Å². The first-order chi connectivity index (χ1) is 12.3. The van der Waals surface area contributed by atoms with Crippen molar-refractivity contribution in [1.82, 2.24) is 4.90 Å². The number of benzene rings is 1. The number of carbonyl (C=O) groups is 1. The van der Waals surface area contributed by atoms with Crippen LogP contribution in [0.25, 0.3) is 0 Å². The molecule has 2 N–H and O–H groups in total. The highest BCUT2D eigenvalue weighted by Gasteiger charge is 2.31. The minimum Gasteiger partial charge on any atom is -0.488 e. The van der Waals surface area contributed by atoms with Crippen molar-refractivity contribution in [3.8, 4) is 5.75 Å². The van der Waals surface area contributed by atoms with Crippen molar-refractivity contribution in [1.29, 1.82) is 0 Å². The Bertz CT molecular complexity index is 650. The van der Waals surface area contributed by atoms with E-state index in [2.05, 4.69) is 4.99 Å². The van der Waals surface area contributed by atoms with E-state index in [1.54, 1.807) is 13.1 Å². The lowest BCUT2D eigenvalue weighted by Crippen LogP contribution is -2.41. The predicted octanol–water partition coefficient (Wildman–Crippen LogP) is 3.99. The number of carbonyl (C=O) groups excluding carboxylic acids is 1. The van der Waals surface area contributed by atoms with Crippen LogP contribution in [0, 0.1) is 11.7 Å². The molecule has 2 rings (SSSR count). The van der Waals surface area contributed by atoms with Gasteiger partial charge in [-0.1, -0.05) is 49.8 Å². The number of halogens is 2. The topological polar surface area (TPSA) is 67.9 Å². The maximum absolute atomic E-state index is 14.1. The molecule has 0 radical (unpaired) electrons. The average Bonchev–Trinajstić information content (AvgIpc) is 2.63. The molecule has 1 fully saturated rings. The highest BCUT2D eigenvalue weighted by molar-refractivity contribution is 6.30. The summed E-state index contributed by atoms with van der Waals surface area (Å²) in [6.07, 6.45) is 7.33. The van der Waals surface area contributed by atoms with Gasteiger partial charge in [-0.05, 0) is 31.4 Å². The summed E-state index contributed by atoms with van der Waals surface area (Å²) in [7, 11) is 1.55. The summed E-state index contributed by atoms with van der Waals surface area (Å²) in [5.74, 6) is 0.133. The standard InChI is InChI=1S/C19H27ClFN3O2/c1-19(23-18(22)24(2)13-25,11-14-7-4-3-5-8-14)12-26-16-10-6-9-15(20)17(16)21/h6,9-10,13-14H,3-5,7-8,11-12H2,1-2H3,(H2,22,23). The zero-order chi connectivity index (χ0) is 19.2. The molecule has 1 atom stereocenters. The van der Waals surface area contributed by atoms with Gasteiger partial charge in [0.15, 0.2) is 17.5 Å². The molecule has 1 aliphatic carbocycles. The van der Waals surface area contributed by atoms with Gasteiger partial charge in [0.05, 0.1) is 10.6 Å². The normalized spacial score (nSPS) is 18.2. The summed E-state index contributed by atoms with van der Waals surface area (Å²) in [4.78, 5) is 16.7. The van der Waals surface area contributed by atoms with Crippen molar-refractivity contribution in [2.24, 2.45) is 16.6 Å². The Morgan fingerprint density at radius 1 is 1.46 bits per heavy atom. The zero-order valence-electron chi connectivity index (χ0n) is 15.4. The first kappa shape index (κ1) is 20.5. The molecule has 0 aliphatic heterocycles. The molecule has 0 spiro atoms. The molecule has 1 aromatic rings. The molecule has 26 heavy (non-hydrogen) atoms. The van der Waals surface area contributed by atoms with Crippen molar-refractivity contribution in [3.63, 3.8) is 0 Å². The molecule has 7 heteroatoms. The minimum atomic E-state index is -0.669. The summed E-state index contributed by atoms with van der Waals surface area (Å²) in [6.45, 7) is 2.07. The fourth-order valence-electron chi connectivity index (χ4n) is 3.39. The van der Waals surface area contributed by atoms with Gasteiger partial charge < -0.3 is 10.5 Å². The smallest absolute Gasteiger partial charge is 0.216 e. The van der Waals surface area contributed by atoms with Gasteiger partial charge in [-0.3, -0.25) is 9.69 Å². The number of hydrogen-bond acceptors (Lipinski definition) is 3. The molecule has 0 heterocycles. The maximum atomic E-state index is 14.1. The number of ether oxygens (including phenoxy) is 1. The fraction of sp³-hybridized carbons (Fsp3) is 0.579. The predicted molar refractivity (Wildman–Crippen MR) is 102 cm³/mol. The first-order valence-electron chi connectivity index (χ1n) is 8.95. The highest BCUT2D eigenvalue weighted by Crippen LogP contribution is 2.33. The van der Waals surface area contributed by atoms with Crippen molar-refractivity contribution >= 4 is 24.0 Å². The Hall–Kier alpha value is -1.82. The number of amides is 1. The quantitative estimate of drug-likeness (QED) is 0.439. The average molecular weight is 384 g/mol. The lowest BCUT2D eigenvalue weighted by molar-refractivity contribution is -0.114. The van der Waals surface area contributed by atoms with E-state index in [9.17, 15) is 9.18 Å². The molecule has 0 bridgehead atoms. The molecule has 1 aromatic carbocycles. The van der Waals surface area contributed by atoms with Gasteiger partial charge in [0.25, 0.3) is 0 Å². The van der Waals surface area contributed by atoms with Crippen LogP contribution in [0.5, 0.6) is 5.75 Å². The number of guanidine groups is 1. The van der Waals surface area contributed by atoms with Gasteiger partial charge in [-0.25, -0.2) is 9.38 Å². The second-order valence-electron chi connectivity index (χ2n) is 7.23. The lowest BCUT2D eigenvalue weighted by Gasteiger charge is -2.32. The van der Waals surface area contributed by atoms with Crippen molar-refractivity contribution in [2.75, 3.05) is 13.7 Å². The molecule has 5 nitrogen and oxygen atoms in total. The fourth-order valence-corrected chi connectivity index (χ4v) is 3.55. The number of rotatable bonds is 7. The van der Waals surface area contributed by atoms with Crippen LogP contribution in [-0.4, -0.2) is 36.5 Å². The first-order valence-corrected chi connectivity index (χ1v) is 9.33. The Morgan fingerprint density at radius 2 is 2.15 bits per heavy atom. The van der Waals surface area contributed by atoms with E-state index in [0.29, 0.717) is 12.3 Å². The van der Waals surface area contributed by atoms with Crippen LogP contribution in [0.4, 0.5) is 4.39 Å². The summed E-state index contributed by atoms with van der Waals surface area (Å²) in [6, 6.07) is 4.64. The third-order valence-corrected chi connectivity index (χ3v) is 5.10. The minimum absolute atomic E-state index is 0.0141. The summed E-state index contributed by atoms with van der Waals surface area (Å²) < 4.78 is 19.8. The number of nitrogens with zero attached hydrogens (tertiary/aromatic N) is 2. The van der Waals surface area contributed by atoms with Gasteiger partial charge >= 0.3 is 0 Å². The Labute approximate surface area is 159 Å². The van der Waals surface area contributed by atoms with E-state index in [1.165, 1.54) is 36.3 Å². The molecular formula is C19H27ClFN3O2. The van der Waals surface area contributed by atoms with Gasteiger partial charge in [0.1, 0.15) is 6.61 Å². The number of hydrogen-bond donors (Lipinski definition) is 1. The Kier molecular flexibility index (Phi) is 7.26. The second-order valence-corrected chi connectivity index (χ2v) is 7.64. The van der Waals surface area contributed by atoms with E-state index < -0.39 is 11.4 Å². The third-order valence-electron chi connectivity index (χ3n) is 4.81. The van der Waals surface area contributed by atoms with Gasteiger partial charge in [0.2, 0.25) is 6.41 Å². The summed E-state index contributed by atoms with van der Waals surface area (Å²) >= 11 is 5.82. The van der Waals surface area contributed by atoms with Crippen molar-refractivity contribution in [2.45, 2.75) is 51.0 Å². The monoisotopic (exact) mass is 383 g/mol. The number of nitrogens with two attached hydrogens (primary N) is 1. The van der Waals surface area contributed by atoms with Crippen LogP contribution in [0.3, 0.4) is 0 Å². The zero-order valence-corrected chi connectivity index (χ0v) is 16.1. The van der Waals surface area contributed by atoms with E-state index >= 15 is 0 Å². The van der Waals surface area contributed by atoms with Crippen LogP contribution < -0.4 is 10.5 Å². The molecule has 1 aliphatic rings. The lowest BCUT2D eigenvalue weighted by atomic mass is 9.80. The Balaban J connectivity index is 2.18. The van der Waals surface area contributed by atoms with E-state index in [0.717, 1.165) is 19.3 Å². The van der Waals surface area contributed by atoms with E-state index in [-0.39, 0.29) is 23.3 Å². The molecule has 1 unspecified atom stereocenters. The van der Waals surface area contributed by atoms with Crippen LogP contribution in [-0.2, 0) is 4.79 Å². The SMILES string of the molecule is CN(C=O)C(N)=NC(C)(COc1cccc(Cl)c1F)CC1CCCCC1. The molecule has 144 valence electrons. The molecular weight excluding hydrogens is 357 g/mol.